The molecule has 0 aliphatic heterocycles. The SMILES string of the molecule is CNc1nc(C(C)C)nc(NC2CC2)c1C. The molecule has 0 aromatic carbocycles. The molecule has 0 saturated heterocycles. The lowest BCUT2D eigenvalue weighted by atomic mass is 10.2. The van der Waals surface area contributed by atoms with Crippen LogP contribution >= 0.6 is 0 Å². The van der Waals surface area contributed by atoms with Gasteiger partial charge in [0.1, 0.15) is 17.5 Å². The number of aromatic nitrogens is 2. The zero-order valence-corrected chi connectivity index (χ0v) is 10.5. The maximum absolute atomic E-state index is 4.60. The van der Waals surface area contributed by atoms with Crippen LogP contribution in [-0.2, 0) is 0 Å². The lowest BCUT2D eigenvalue weighted by Gasteiger charge is -2.14. The van der Waals surface area contributed by atoms with Gasteiger partial charge in [-0.1, -0.05) is 13.8 Å². The van der Waals surface area contributed by atoms with E-state index in [1.807, 2.05) is 7.05 Å². The molecule has 0 bridgehead atoms. The Morgan fingerprint density at radius 3 is 2.31 bits per heavy atom. The van der Waals surface area contributed by atoms with Crippen LogP contribution < -0.4 is 10.6 Å². The minimum absolute atomic E-state index is 0.354. The van der Waals surface area contributed by atoms with Crippen LogP contribution in [-0.4, -0.2) is 23.1 Å². The summed E-state index contributed by atoms with van der Waals surface area (Å²) in [4.78, 5) is 9.11. The molecule has 88 valence electrons. The van der Waals surface area contributed by atoms with Crippen molar-refractivity contribution in [2.45, 2.75) is 45.6 Å². The zero-order valence-electron chi connectivity index (χ0n) is 10.5. The molecular weight excluding hydrogens is 200 g/mol. The van der Waals surface area contributed by atoms with Crippen LogP contribution in [0.25, 0.3) is 0 Å². The van der Waals surface area contributed by atoms with Crippen molar-refractivity contribution >= 4 is 11.6 Å². The maximum Gasteiger partial charge on any atom is 0.135 e. The van der Waals surface area contributed by atoms with Gasteiger partial charge in [-0.15, -0.1) is 0 Å². The van der Waals surface area contributed by atoms with Gasteiger partial charge >= 0.3 is 0 Å². The van der Waals surface area contributed by atoms with Gasteiger partial charge in [-0.3, -0.25) is 0 Å². The number of hydrogen-bond donors (Lipinski definition) is 2. The second-order valence-corrected chi connectivity index (χ2v) is 4.73. The van der Waals surface area contributed by atoms with E-state index < -0.39 is 0 Å². The molecule has 0 amide bonds. The van der Waals surface area contributed by atoms with Gasteiger partial charge in [0.2, 0.25) is 0 Å². The smallest absolute Gasteiger partial charge is 0.135 e. The molecule has 1 aromatic rings. The Hall–Kier alpha value is -1.32. The van der Waals surface area contributed by atoms with Crippen molar-refractivity contribution in [3.8, 4) is 0 Å². The summed E-state index contributed by atoms with van der Waals surface area (Å²) in [5.74, 6) is 3.18. The van der Waals surface area contributed by atoms with Gasteiger partial charge in [-0.25, -0.2) is 9.97 Å². The third kappa shape index (κ3) is 2.26. The molecule has 1 aliphatic carbocycles. The average Bonchev–Trinajstić information content (AvgIpc) is 3.04. The molecule has 0 unspecified atom stereocenters. The van der Waals surface area contributed by atoms with E-state index in [2.05, 4.69) is 41.4 Å². The van der Waals surface area contributed by atoms with Crippen LogP contribution in [0.5, 0.6) is 0 Å². The topological polar surface area (TPSA) is 49.8 Å². The van der Waals surface area contributed by atoms with Crippen LogP contribution in [0.15, 0.2) is 0 Å². The van der Waals surface area contributed by atoms with Crippen LogP contribution in [0.4, 0.5) is 11.6 Å². The van der Waals surface area contributed by atoms with Gasteiger partial charge in [0.05, 0.1) is 0 Å². The summed E-state index contributed by atoms with van der Waals surface area (Å²) in [6.45, 7) is 6.29. The second kappa shape index (κ2) is 4.28. The monoisotopic (exact) mass is 220 g/mol. The number of rotatable bonds is 4. The fourth-order valence-corrected chi connectivity index (χ4v) is 1.60. The van der Waals surface area contributed by atoms with E-state index >= 15 is 0 Å². The van der Waals surface area contributed by atoms with Crippen molar-refractivity contribution in [2.24, 2.45) is 0 Å². The van der Waals surface area contributed by atoms with E-state index in [-0.39, 0.29) is 0 Å². The molecule has 4 heteroatoms. The quantitative estimate of drug-likeness (QED) is 0.818. The van der Waals surface area contributed by atoms with Gasteiger partial charge in [0.15, 0.2) is 0 Å². The van der Waals surface area contributed by atoms with Gasteiger partial charge in [0, 0.05) is 24.6 Å². The van der Waals surface area contributed by atoms with Crippen molar-refractivity contribution in [3.05, 3.63) is 11.4 Å². The van der Waals surface area contributed by atoms with Gasteiger partial charge in [-0.05, 0) is 19.8 Å². The van der Waals surface area contributed by atoms with Crippen LogP contribution in [0, 0.1) is 6.92 Å². The van der Waals surface area contributed by atoms with Crippen molar-refractivity contribution in [3.63, 3.8) is 0 Å². The third-order valence-electron chi connectivity index (χ3n) is 2.83. The second-order valence-electron chi connectivity index (χ2n) is 4.73. The molecular formula is C12H20N4. The minimum Gasteiger partial charge on any atom is -0.373 e. The highest BCUT2D eigenvalue weighted by Crippen LogP contribution is 2.28. The Bertz CT molecular complexity index is 383. The van der Waals surface area contributed by atoms with E-state index in [0.717, 1.165) is 23.0 Å². The van der Waals surface area contributed by atoms with Crippen LogP contribution in [0.2, 0.25) is 0 Å². The fraction of sp³-hybridized carbons (Fsp3) is 0.667. The molecule has 0 atom stereocenters. The summed E-state index contributed by atoms with van der Waals surface area (Å²) in [6.07, 6.45) is 2.52. The number of nitrogens with zero attached hydrogens (tertiary/aromatic N) is 2. The molecule has 1 saturated carbocycles. The van der Waals surface area contributed by atoms with E-state index in [0.29, 0.717) is 12.0 Å². The summed E-state index contributed by atoms with van der Waals surface area (Å²) in [6, 6.07) is 0.623. The van der Waals surface area contributed by atoms with Crippen LogP contribution in [0.3, 0.4) is 0 Å². The Labute approximate surface area is 96.9 Å². The first-order chi connectivity index (χ1) is 7.61. The largest absolute Gasteiger partial charge is 0.373 e. The molecule has 0 spiro atoms. The summed E-state index contributed by atoms with van der Waals surface area (Å²) in [5.41, 5.74) is 1.11. The predicted octanol–water partition coefficient (Wildman–Crippen LogP) is 2.52. The highest BCUT2D eigenvalue weighted by molar-refractivity contribution is 5.57. The predicted molar refractivity (Wildman–Crippen MR) is 67.0 cm³/mol. The van der Waals surface area contributed by atoms with E-state index in [1.54, 1.807) is 0 Å². The van der Waals surface area contributed by atoms with Gasteiger partial charge in [-0.2, -0.15) is 0 Å². The molecule has 1 aliphatic rings. The maximum atomic E-state index is 4.60. The number of anilines is 2. The lowest BCUT2D eigenvalue weighted by molar-refractivity contribution is 0.773. The van der Waals surface area contributed by atoms with Crippen LogP contribution in [0.1, 0.15) is 44.0 Å². The van der Waals surface area contributed by atoms with E-state index in [1.165, 1.54) is 12.8 Å². The summed E-state index contributed by atoms with van der Waals surface area (Å²) in [5, 5.41) is 6.60. The highest BCUT2D eigenvalue weighted by atomic mass is 15.1. The molecule has 4 nitrogen and oxygen atoms in total. The van der Waals surface area contributed by atoms with Gasteiger partial charge in [0.25, 0.3) is 0 Å². The number of hydrogen-bond acceptors (Lipinski definition) is 4. The van der Waals surface area contributed by atoms with Crippen molar-refractivity contribution < 1.29 is 0 Å². The van der Waals surface area contributed by atoms with E-state index in [4.69, 9.17) is 0 Å². The first-order valence-electron chi connectivity index (χ1n) is 5.94. The Morgan fingerprint density at radius 1 is 1.19 bits per heavy atom. The molecule has 16 heavy (non-hydrogen) atoms. The Morgan fingerprint density at radius 2 is 1.81 bits per heavy atom. The third-order valence-corrected chi connectivity index (χ3v) is 2.83. The van der Waals surface area contributed by atoms with Crippen molar-refractivity contribution in [2.75, 3.05) is 17.7 Å². The van der Waals surface area contributed by atoms with E-state index in [9.17, 15) is 0 Å². The molecule has 2 N–H and O–H groups in total. The molecule has 0 radical (unpaired) electrons. The Balaban J connectivity index is 2.35. The first kappa shape index (κ1) is 11.2. The lowest BCUT2D eigenvalue weighted by Crippen LogP contribution is -2.11. The van der Waals surface area contributed by atoms with Crippen molar-refractivity contribution in [1.82, 2.24) is 9.97 Å². The summed E-state index contributed by atoms with van der Waals surface area (Å²) < 4.78 is 0. The standard InChI is InChI=1S/C12H20N4/c1-7(2)10-15-11(13-4)8(3)12(16-10)14-9-5-6-9/h7,9H,5-6H2,1-4H3,(H2,13,14,15,16). The number of nitrogens with one attached hydrogen (secondary N) is 2. The van der Waals surface area contributed by atoms with Gasteiger partial charge < -0.3 is 10.6 Å². The Kier molecular flexibility index (Phi) is 2.99. The first-order valence-corrected chi connectivity index (χ1v) is 5.94. The molecule has 1 aromatic heterocycles. The molecule has 1 fully saturated rings. The molecule has 1 heterocycles. The normalized spacial score (nSPS) is 15.3. The minimum atomic E-state index is 0.354. The highest BCUT2D eigenvalue weighted by Gasteiger charge is 2.23. The molecule has 2 rings (SSSR count). The fourth-order valence-electron chi connectivity index (χ4n) is 1.60. The summed E-state index contributed by atoms with van der Waals surface area (Å²) >= 11 is 0. The zero-order chi connectivity index (χ0) is 11.7. The average molecular weight is 220 g/mol. The van der Waals surface area contributed by atoms with Crippen molar-refractivity contribution in [1.29, 1.82) is 0 Å². The summed E-state index contributed by atoms with van der Waals surface area (Å²) in [7, 11) is 1.90.